The Balaban J connectivity index is 0.000000168. The number of pyridine rings is 4. The van der Waals surface area contributed by atoms with Crippen molar-refractivity contribution in [2.45, 2.75) is 70.2 Å². The summed E-state index contributed by atoms with van der Waals surface area (Å²) in [6.07, 6.45) is 6.98. The number of hydrogen-bond donors (Lipinski definition) is 1. The maximum Gasteiger partial charge on any atom is 0.494 e. The number of furan rings is 2. The summed E-state index contributed by atoms with van der Waals surface area (Å²) in [6.45, 7) is 17.0. The lowest BCUT2D eigenvalue weighted by molar-refractivity contribution is 0.00578. The van der Waals surface area contributed by atoms with Crippen molar-refractivity contribution >= 4 is 107 Å². The average Bonchev–Trinajstić information content (AvgIpc) is 1.62. The van der Waals surface area contributed by atoms with Crippen LogP contribution in [0.1, 0.15) is 76.5 Å². The SMILES string of the molecule is CN1CC(O)C1.CN1CC(Oc2ccc(B3OC(C)(C)C(C)(C)O3)cc2C#N)C1.CN1CC(Oc2ccc(Br)cc2C#N)C1.COc1cc(C(=O)N(C)C)ncc1-c1cc2nccc(-c3ccc(OC4CN(C)C4)c(C#N)c3)c2o1.Cc1cc(C(=O)N(C)C)ncc1-c1cc2nccc(Cl)c2o1.N#Cc1cc(Br)ccc1F.[2H][B]P. The fourth-order valence-corrected chi connectivity index (χ4v) is 12.9. The first-order valence-corrected chi connectivity index (χ1v) is 38.5. The lowest BCUT2D eigenvalue weighted by Crippen LogP contribution is -2.51. The molecule has 1 radical (unpaired) electrons. The highest BCUT2D eigenvalue weighted by molar-refractivity contribution is 9.10. The van der Waals surface area contributed by atoms with E-state index in [1.807, 2.05) is 117 Å². The fourth-order valence-electron chi connectivity index (χ4n) is 12.0. The van der Waals surface area contributed by atoms with Crippen molar-refractivity contribution in [3.8, 4) is 81.0 Å². The van der Waals surface area contributed by atoms with Gasteiger partial charge in [-0.25, -0.2) is 4.39 Å². The smallest absolute Gasteiger partial charge is 0.494 e. The molecule has 25 nitrogen and oxygen atoms in total. The van der Waals surface area contributed by atoms with Crippen LogP contribution in [0.3, 0.4) is 0 Å². The molecular weight excluding hydrogens is 1620 g/mol. The van der Waals surface area contributed by atoms with Crippen LogP contribution in [0.15, 0.2) is 152 Å². The number of methoxy groups -OCH3 is 1. The number of carbonyl (C=O) groups excluding carboxylic acids is 2. The number of halogens is 4. The van der Waals surface area contributed by atoms with Crippen molar-refractivity contribution in [3.63, 3.8) is 0 Å². The van der Waals surface area contributed by atoms with E-state index in [2.05, 4.69) is 98.7 Å². The number of carbonyl (C=O) groups is 2. The van der Waals surface area contributed by atoms with Crippen LogP contribution in [0.2, 0.25) is 5.02 Å². The largest absolute Gasteiger partial charge is 0.496 e. The number of aliphatic hydroxyl groups excluding tert-OH is 1. The number of benzene rings is 4. The van der Waals surface area contributed by atoms with Gasteiger partial charge in [0.25, 0.3) is 11.8 Å². The molecule has 0 bridgehead atoms. The number of aliphatic hydroxyl groups is 1. The standard InChI is InChI=1S/C27H25N5O4.C17H23BN2O3.C16H14ClN3O2.C11H11BrN2O.C7H3BrFN.C4H9NO.BH3P/c1-31(2)27(33)22-11-24(34-4)20(13-30-22)25-10-21-26(36-25)19(7-8-29-21)16-5-6-23(17(9-16)12-28)35-18-14-32(3)15-18;1-16(2)17(3,4)23-18(22-16)13-6-7-15(12(8-13)9-19)21-14-10-20(5)11-14;1-9-6-13(16(21)20(2)3)19-8-10(9)14-7-12-15(22-14)11(17)4-5-18-12;1-14-6-10(7-14)15-11-3-2-9(12)4-8(11)5-13;8-6-1-2-7(9)5(3-6)4-10;1-5-2-4(6)3-5;1-2/h5-11,13,18H,14-15H2,1-4H3;6-8,14H,10-11H2,1-5H3;4-8H,1-3H3;2-4,10H,6-7H2,1H3;1-3H;4,6H,2-3H2,1H3;1H,2H2/i;;;;;;1D. The maximum absolute atomic E-state index is 12.5. The first-order chi connectivity index (χ1) is 54.7. The number of likely N-dealkylation sites (tertiary alicyclic amines) is 4. The van der Waals surface area contributed by atoms with Crippen molar-refractivity contribution in [2.75, 3.05) is 116 Å². The molecule has 11 heterocycles. The van der Waals surface area contributed by atoms with Crippen molar-refractivity contribution in [1.82, 2.24) is 49.3 Å². The molecule has 5 fully saturated rings. The van der Waals surface area contributed by atoms with Crippen molar-refractivity contribution < 1.29 is 56.2 Å². The lowest BCUT2D eigenvalue weighted by Gasteiger charge is -2.36. The molecule has 114 heavy (non-hydrogen) atoms. The third kappa shape index (κ3) is 22.2. The Hall–Kier alpha value is -9.88. The molecule has 32 heteroatoms. The molecule has 5 aliphatic heterocycles. The molecule has 4 aromatic carbocycles. The molecule has 1 atom stereocenters. The topological polar surface area (TPSA) is 302 Å². The van der Waals surface area contributed by atoms with Crippen LogP contribution in [0.25, 0.3) is 56.0 Å². The summed E-state index contributed by atoms with van der Waals surface area (Å²) in [7, 11) is 19.2. The number of β-amino-alcohol motifs (C(OH)–C–C–N with tert-alkyl or cyclic N) is 1. The number of aryl methyl sites for hydroxylation is 1. The van der Waals surface area contributed by atoms with Gasteiger partial charge in [0.2, 0.25) is 0 Å². The van der Waals surface area contributed by atoms with Crippen LogP contribution in [0.5, 0.6) is 23.0 Å². The molecular formula is C82H88B2Br2ClFN14O11P. The van der Waals surface area contributed by atoms with Gasteiger partial charge in [-0.3, -0.25) is 44.2 Å². The first-order valence-electron chi connectivity index (χ1n) is 36.5. The van der Waals surface area contributed by atoms with Gasteiger partial charge in [0.05, 0.1) is 57.3 Å². The zero-order valence-corrected chi connectivity index (χ0v) is 70.8. The van der Waals surface area contributed by atoms with Gasteiger partial charge in [-0.15, -0.1) is 0 Å². The molecule has 0 aliphatic carbocycles. The van der Waals surface area contributed by atoms with Crippen LogP contribution in [0, 0.1) is 58.1 Å². The van der Waals surface area contributed by atoms with E-state index >= 15 is 0 Å². The molecule has 1 N–H and O–H groups in total. The molecule has 1 unspecified atom stereocenters. The molecule has 5 saturated heterocycles. The zero-order valence-electron chi connectivity index (χ0n) is 66.7. The normalized spacial score (nSPS) is 15.7. The molecule has 0 spiro atoms. The van der Waals surface area contributed by atoms with Gasteiger partial charge in [0.1, 0.15) is 113 Å². The Morgan fingerprint density at radius 2 is 1.03 bits per heavy atom. The molecule has 5 aliphatic rings. The Bertz CT molecular complexity index is 5270. The van der Waals surface area contributed by atoms with Gasteiger partial charge < -0.3 is 56.9 Å². The van der Waals surface area contributed by atoms with Gasteiger partial charge in [-0.05, 0) is 160 Å². The van der Waals surface area contributed by atoms with Gasteiger partial charge >= 0.3 is 7.12 Å². The van der Waals surface area contributed by atoms with E-state index in [1.165, 1.54) is 36.6 Å². The molecule has 2 amide bonds. The molecule has 6 aromatic heterocycles. The Morgan fingerprint density at radius 1 is 0.596 bits per heavy atom. The van der Waals surface area contributed by atoms with Crippen LogP contribution < -0.4 is 24.4 Å². The third-order valence-electron chi connectivity index (χ3n) is 18.9. The minimum atomic E-state index is -0.481. The Labute approximate surface area is 690 Å². The summed E-state index contributed by atoms with van der Waals surface area (Å²) in [4.78, 5) is 53.0. The number of ether oxygens (including phenoxy) is 4. The highest BCUT2D eigenvalue weighted by atomic mass is 79.9. The molecule has 0 saturated carbocycles. The van der Waals surface area contributed by atoms with E-state index in [0.29, 0.717) is 94.2 Å². The van der Waals surface area contributed by atoms with E-state index in [9.17, 15) is 24.5 Å². The number of amides is 2. The predicted molar refractivity (Wildman–Crippen MR) is 448 cm³/mol. The summed E-state index contributed by atoms with van der Waals surface area (Å²) in [5.41, 5.74) is 8.74. The summed E-state index contributed by atoms with van der Waals surface area (Å²) in [5, 5.41) is 45.5. The second kappa shape index (κ2) is 39.4. The van der Waals surface area contributed by atoms with Crippen LogP contribution in [-0.2, 0) is 9.31 Å². The second-order valence-corrected chi connectivity index (χ2v) is 31.1. The summed E-state index contributed by atoms with van der Waals surface area (Å²) < 4.78 is 67.4. The minimum absolute atomic E-state index is 0.0324. The average molecular weight is 1710 g/mol. The fraction of sp³-hybridized carbons (Fsp3) is 0.341. The van der Waals surface area contributed by atoms with Gasteiger partial charge in [-0.2, -0.15) is 30.2 Å². The number of rotatable bonds is 13. The highest BCUT2D eigenvalue weighted by Gasteiger charge is 2.52. The van der Waals surface area contributed by atoms with E-state index in [4.69, 9.17) is 65.7 Å². The maximum atomic E-state index is 12.5. The molecule has 15 rings (SSSR count). The number of nitrogens with zero attached hydrogens (tertiary/aromatic N) is 14. The highest BCUT2D eigenvalue weighted by Crippen LogP contribution is 2.41. The Morgan fingerprint density at radius 3 is 1.48 bits per heavy atom. The first kappa shape index (κ1) is 86.5. The van der Waals surface area contributed by atoms with Gasteiger partial charge in [0, 0.05) is 144 Å². The van der Waals surface area contributed by atoms with Gasteiger partial charge in [0.15, 0.2) is 11.2 Å². The predicted octanol–water partition coefficient (Wildman–Crippen LogP) is 12.4. The summed E-state index contributed by atoms with van der Waals surface area (Å²) >= 11 is 12.5. The van der Waals surface area contributed by atoms with Gasteiger partial charge in [-0.1, -0.05) is 55.6 Å². The quantitative estimate of drug-likeness (QED) is 0.0828. The molecule has 591 valence electrons. The number of likely N-dealkylation sites (N-methyl/N-ethyl adjacent to an activating group) is 4. The number of hydrogen-bond acceptors (Lipinski definition) is 23. The third-order valence-corrected chi connectivity index (χ3v) is 20.2. The Kier molecular flexibility index (Phi) is 29.9. The van der Waals surface area contributed by atoms with Crippen molar-refractivity contribution in [1.29, 1.82) is 22.4 Å². The minimum Gasteiger partial charge on any atom is -0.496 e. The van der Waals surface area contributed by atoms with Crippen LogP contribution >= 0.6 is 52.6 Å². The monoisotopic (exact) mass is 1710 g/mol. The zero-order chi connectivity index (χ0) is 83.8. The van der Waals surface area contributed by atoms with E-state index in [0.717, 1.165) is 84.5 Å². The van der Waals surface area contributed by atoms with Crippen LogP contribution in [-0.4, -0.2) is 234 Å². The number of aromatic nitrogens is 4. The number of nitriles is 4. The van der Waals surface area contributed by atoms with E-state index < -0.39 is 24.1 Å². The van der Waals surface area contributed by atoms with E-state index in [1.54, 1.807) is 102 Å². The lowest BCUT2D eigenvalue weighted by atomic mass is 9.78. The number of fused-ring (bicyclic) bond motifs is 2. The summed E-state index contributed by atoms with van der Waals surface area (Å²) in [5.74, 6) is 2.65. The van der Waals surface area contributed by atoms with Crippen molar-refractivity contribution in [2.24, 2.45) is 0 Å². The summed E-state index contributed by atoms with van der Waals surface area (Å²) in [6, 6.07) is 39.7. The van der Waals surface area contributed by atoms with Crippen molar-refractivity contribution in [3.05, 3.63) is 193 Å². The second-order valence-electron chi connectivity index (χ2n) is 28.9. The molecule has 10 aromatic rings. The van der Waals surface area contributed by atoms with Crippen LogP contribution in [0.4, 0.5) is 4.39 Å². The van der Waals surface area contributed by atoms with E-state index in [-0.39, 0.29) is 47.5 Å².